The number of amides is 2. The second-order valence-corrected chi connectivity index (χ2v) is 8.62. The third-order valence-electron chi connectivity index (χ3n) is 6.06. The summed E-state index contributed by atoms with van der Waals surface area (Å²) in [4.78, 5) is 42.4. The lowest BCUT2D eigenvalue weighted by Crippen LogP contribution is -2.42. The van der Waals surface area contributed by atoms with E-state index in [4.69, 9.17) is 15.0 Å². The minimum Gasteiger partial charge on any atom is -0.439 e. The van der Waals surface area contributed by atoms with Crippen LogP contribution in [0, 0.1) is 5.92 Å². The number of imidazole rings is 1. The van der Waals surface area contributed by atoms with Crippen LogP contribution in [0.2, 0.25) is 0 Å². The van der Waals surface area contributed by atoms with E-state index < -0.39 is 30.6 Å². The van der Waals surface area contributed by atoms with E-state index in [1.54, 1.807) is 23.3 Å². The number of hydrogen-bond acceptors (Lipinski definition) is 8. The summed E-state index contributed by atoms with van der Waals surface area (Å²) in [7, 11) is 0. The molecule has 180 valence electrons. The van der Waals surface area contributed by atoms with Gasteiger partial charge in [0.05, 0.1) is 19.0 Å². The van der Waals surface area contributed by atoms with Crippen LogP contribution < -0.4 is 5.32 Å². The van der Waals surface area contributed by atoms with Crippen LogP contribution in [-0.2, 0) is 20.8 Å². The van der Waals surface area contributed by atoms with Gasteiger partial charge in [0.1, 0.15) is 12.4 Å². The zero-order valence-electron chi connectivity index (χ0n) is 19.1. The van der Waals surface area contributed by atoms with E-state index in [-0.39, 0.29) is 24.2 Å². The van der Waals surface area contributed by atoms with Gasteiger partial charge in [-0.3, -0.25) is 14.3 Å². The quantitative estimate of drug-likeness (QED) is 0.311. The largest absolute Gasteiger partial charge is 0.439 e. The molecule has 3 aromatic rings. The average Bonchev–Trinajstić information content (AvgIpc) is 3.52. The van der Waals surface area contributed by atoms with Gasteiger partial charge in [0.2, 0.25) is 5.91 Å². The second kappa shape index (κ2) is 9.20. The standard InChI is InChI=1S/C22H23N9O4/c1-12(2)20(32)28-18-15-19(25-10-24-18)31(11-26-15)21-17-16(14(34-21)8-27-29-23)30(22(33)35-17)9-13-6-4-3-5-7-13/h3-7,10-12,14,16-17,21H,8-9H2,1-2H3,(H,24,25,28,32)/t14-,16-,17-,21-/m1/s1. The van der Waals surface area contributed by atoms with Crippen LogP contribution in [0.1, 0.15) is 25.6 Å². The highest BCUT2D eigenvalue weighted by molar-refractivity contribution is 5.97. The Kier molecular flexibility index (Phi) is 5.93. The van der Waals surface area contributed by atoms with Gasteiger partial charge in [0, 0.05) is 17.4 Å². The van der Waals surface area contributed by atoms with Gasteiger partial charge in [-0.05, 0) is 11.1 Å². The van der Waals surface area contributed by atoms with Crippen molar-refractivity contribution in [2.75, 3.05) is 11.9 Å². The Balaban J connectivity index is 1.48. The van der Waals surface area contributed by atoms with Gasteiger partial charge < -0.3 is 14.8 Å². The van der Waals surface area contributed by atoms with Crippen molar-refractivity contribution in [1.82, 2.24) is 24.4 Å². The molecule has 2 aliphatic rings. The third kappa shape index (κ3) is 4.11. The van der Waals surface area contributed by atoms with Crippen LogP contribution in [0.3, 0.4) is 0 Å². The van der Waals surface area contributed by atoms with Crippen LogP contribution in [0.25, 0.3) is 21.6 Å². The van der Waals surface area contributed by atoms with Gasteiger partial charge in [-0.25, -0.2) is 19.7 Å². The fraction of sp³-hybridized carbons (Fsp3) is 0.409. The molecule has 0 bridgehead atoms. The molecule has 13 heteroatoms. The number of carbonyl (C=O) groups excluding carboxylic acids is 2. The predicted octanol–water partition coefficient (Wildman–Crippen LogP) is 3.02. The first-order chi connectivity index (χ1) is 17.0. The molecule has 2 aromatic heterocycles. The number of carbonyl (C=O) groups is 2. The molecule has 0 spiro atoms. The Morgan fingerprint density at radius 1 is 1.26 bits per heavy atom. The summed E-state index contributed by atoms with van der Waals surface area (Å²) >= 11 is 0. The van der Waals surface area contributed by atoms with E-state index in [1.165, 1.54) is 12.7 Å². The highest BCUT2D eigenvalue weighted by Gasteiger charge is 2.57. The fourth-order valence-electron chi connectivity index (χ4n) is 4.36. The van der Waals surface area contributed by atoms with Gasteiger partial charge in [0.25, 0.3) is 0 Å². The highest BCUT2D eigenvalue weighted by Crippen LogP contribution is 2.41. The summed E-state index contributed by atoms with van der Waals surface area (Å²) in [6, 6.07) is 9.04. The molecule has 0 aliphatic carbocycles. The van der Waals surface area contributed by atoms with Crippen molar-refractivity contribution >= 4 is 29.0 Å². The van der Waals surface area contributed by atoms with Gasteiger partial charge in [-0.15, -0.1) is 0 Å². The molecule has 2 saturated heterocycles. The van der Waals surface area contributed by atoms with Crippen molar-refractivity contribution in [2.24, 2.45) is 11.0 Å². The first kappa shape index (κ1) is 22.6. The summed E-state index contributed by atoms with van der Waals surface area (Å²) in [6.45, 7) is 3.89. The molecule has 2 aliphatic heterocycles. The van der Waals surface area contributed by atoms with E-state index in [0.29, 0.717) is 17.7 Å². The summed E-state index contributed by atoms with van der Waals surface area (Å²) in [5, 5.41) is 6.44. The predicted molar refractivity (Wildman–Crippen MR) is 123 cm³/mol. The third-order valence-corrected chi connectivity index (χ3v) is 6.06. The number of nitrogens with one attached hydrogen (secondary N) is 1. The maximum absolute atomic E-state index is 12.9. The number of anilines is 1. The number of nitrogens with zero attached hydrogens (tertiary/aromatic N) is 8. The van der Waals surface area contributed by atoms with E-state index >= 15 is 0 Å². The Hall–Kier alpha value is -4.22. The van der Waals surface area contributed by atoms with Gasteiger partial charge >= 0.3 is 6.09 Å². The summed E-state index contributed by atoms with van der Waals surface area (Å²) in [5.41, 5.74) is 10.6. The van der Waals surface area contributed by atoms with Gasteiger partial charge in [0.15, 0.2) is 29.3 Å². The van der Waals surface area contributed by atoms with E-state index in [0.717, 1.165) is 5.56 Å². The molecule has 1 aromatic carbocycles. The van der Waals surface area contributed by atoms with Crippen molar-refractivity contribution in [1.29, 1.82) is 0 Å². The average molecular weight is 477 g/mol. The fourth-order valence-corrected chi connectivity index (χ4v) is 4.36. The lowest BCUT2D eigenvalue weighted by atomic mass is 10.1. The van der Waals surface area contributed by atoms with Crippen molar-refractivity contribution in [3.05, 3.63) is 59.0 Å². The van der Waals surface area contributed by atoms with Crippen LogP contribution in [0.4, 0.5) is 10.6 Å². The second-order valence-electron chi connectivity index (χ2n) is 8.62. The molecule has 0 unspecified atom stereocenters. The number of fused-ring (bicyclic) bond motifs is 2. The molecule has 0 saturated carbocycles. The monoisotopic (exact) mass is 477 g/mol. The van der Waals surface area contributed by atoms with Crippen molar-refractivity contribution < 1.29 is 19.1 Å². The summed E-state index contributed by atoms with van der Waals surface area (Å²) < 4.78 is 13.7. The topological polar surface area (TPSA) is 160 Å². The maximum Gasteiger partial charge on any atom is 0.411 e. The first-order valence-corrected chi connectivity index (χ1v) is 11.1. The zero-order chi connectivity index (χ0) is 24.5. The number of azide groups is 1. The molecular weight excluding hydrogens is 454 g/mol. The number of hydrogen-bond donors (Lipinski definition) is 1. The smallest absolute Gasteiger partial charge is 0.411 e. The summed E-state index contributed by atoms with van der Waals surface area (Å²) in [5.74, 6) is -0.162. The molecule has 0 radical (unpaired) electrons. The van der Waals surface area contributed by atoms with Crippen LogP contribution in [-0.4, -0.2) is 61.2 Å². The molecule has 1 N–H and O–H groups in total. The molecule has 4 heterocycles. The van der Waals surface area contributed by atoms with Crippen molar-refractivity contribution in [2.45, 2.75) is 44.9 Å². The highest BCUT2D eigenvalue weighted by atomic mass is 16.6. The van der Waals surface area contributed by atoms with Gasteiger partial charge in [-0.2, -0.15) is 0 Å². The maximum atomic E-state index is 12.9. The molecule has 4 atom stereocenters. The van der Waals surface area contributed by atoms with Gasteiger partial charge in [-0.1, -0.05) is 49.3 Å². The Morgan fingerprint density at radius 2 is 2.06 bits per heavy atom. The molecule has 13 nitrogen and oxygen atoms in total. The van der Waals surface area contributed by atoms with Crippen molar-refractivity contribution in [3.8, 4) is 0 Å². The number of benzene rings is 1. The van der Waals surface area contributed by atoms with Crippen LogP contribution in [0.5, 0.6) is 0 Å². The minimum absolute atomic E-state index is 0.0212. The van der Waals surface area contributed by atoms with Crippen LogP contribution in [0.15, 0.2) is 48.1 Å². The SMILES string of the molecule is CC(C)C(=O)Nc1ncnc2c1ncn2[C@@H]1O[C@H](CN=[N+]=[N-])[C@@H]2[C@H]1OC(=O)N2Cc1ccccc1. The van der Waals surface area contributed by atoms with E-state index in [1.807, 2.05) is 30.3 Å². The Labute approximate surface area is 199 Å². The number of rotatable bonds is 7. The molecule has 2 fully saturated rings. The van der Waals surface area contributed by atoms with Crippen LogP contribution >= 0.6 is 0 Å². The van der Waals surface area contributed by atoms with E-state index in [2.05, 4.69) is 30.3 Å². The molecular formula is C22H23N9O4. The zero-order valence-corrected chi connectivity index (χ0v) is 19.1. The molecule has 2 amide bonds. The number of ether oxygens (including phenoxy) is 2. The summed E-state index contributed by atoms with van der Waals surface area (Å²) in [6.07, 6.45) is 0.296. The van der Waals surface area contributed by atoms with E-state index in [9.17, 15) is 9.59 Å². The van der Waals surface area contributed by atoms with Crippen molar-refractivity contribution in [3.63, 3.8) is 0 Å². The lowest BCUT2D eigenvalue weighted by Gasteiger charge is -2.24. The Bertz CT molecular complexity index is 1300. The normalized spacial score (nSPS) is 23.3. The minimum atomic E-state index is -0.767. The lowest BCUT2D eigenvalue weighted by molar-refractivity contribution is -0.118. The number of aromatic nitrogens is 4. The first-order valence-electron chi connectivity index (χ1n) is 11.1. The molecule has 5 rings (SSSR count). The molecule has 35 heavy (non-hydrogen) atoms. The Morgan fingerprint density at radius 3 is 2.80 bits per heavy atom.